The summed E-state index contributed by atoms with van der Waals surface area (Å²) < 4.78 is 0. The molecule has 1 atom stereocenters. The molecule has 1 rings (SSSR count). The zero-order valence-electron chi connectivity index (χ0n) is 9.74. The minimum atomic E-state index is 0.414. The Morgan fingerprint density at radius 3 is 2.38 bits per heavy atom. The molecule has 1 heteroatoms. The Labute approximate surface area is 83.3 Å². The predicted molar refractivity (Wildman–Crippen MR) is 58.9 cm³/mol. The molecule has 0 spiro atoms. The van der Waals surface area contributed by atoms with Crippen molar-refractivity contribution in [3.63, 3.8) is 0 Å². The maximum Gasteiger partial charge on any atom is 0.0158 e. The summed E-state index contributed by atoms with van der Waals surface area (Å²) in [5.41, 5.74) is 0.964. The van der Waals surface area contributed by atoms with Crippen LogP contribution < -0.4 is 5.32 Å². The van der Waals surface area contributed by atoms with Crippen molar-refractivity contribution in [2.24, 2.45) is 5.41 Å². The smallest absolute Gasteiger partial charge is 0.0158 e. The second-order valence-corrected chi connectivity index (χ2v) is 5.68. The highest BCUT2D eigenvalue weighted by Crippen LogP contribution is 2.40. The first-order chi connectivity index (χ1) is 5.97. The molecule has 0 heterocycles. The molecule has 1 aliphatic carbocycles. The molecule has 1 aliphatic rings. The van der Waals surface area contributed by atoms with Gasteiger partial charge in [-0.2, -0.15) is 0 Å². The molecule has 0 aromatic heterocycles. The van der Waals surface area contributed by atoms with E-state index in [0.29, 0.717) is 11.0 Å². The third-order valence-electron chi connectivity index (χ3n) is 3.25. The van der Waals surface area contributed by atoms with Gasteiger partial charge in [-0.3, -0.25) is 0 Å². The normalized spacial score (nSPS) is 33.2. The average molecular weight is 183 g/mol. The van der Waals surface area contributed by atoms with Crippen LogP contribution in [0.15, 0.2) is 0 Å². The summed E-state index contributed by atoms with van der Waals surface area (Å²) in [7, 11) is 0. The van der Waals surface area contributed by atoms with E-state index < -0.39 is 0 Å². The van der Waals surface area contributed by atoms with Gasteiger partial charge in [0.15, 0.2) is 0 Å². The molecule has 1 nitrogen and oxygen atoms in total. The first kappa shape index (κ1) is 11.0. The summed E-state index contributed by atoms with van der Waals surface area (Å²) in [6.45, 7) is 10.6. The lowest BCUT2D eigenvalue weighted by Gasteiger charge is -2.43. The fraction of sp³-hybridized carbons (Fsp3) is 1.00. The van der Waals surface area contributed by atoms with Crippen LogP contribution in [0.3, 0.4) is 0 Å². The van der Waals surface area contributed by atoms with Crippen LogP contribution in [0.4, 0.5) is 0 Å². The van der Waals surface area contributed by atoms with Crippen LogP contribution >= 0.6 is 0 Å². The van der Waals surface area contributed by atoms with Crippen molar-refractivity contribution in [3.05, 3.63) is 0 Å². The minimum Gasteiger partial charge on any atom is -0.312 e. The van der Waals surface area contributed by atoms with Crippen molar-refractivity contribution in [2.45, 2.75) is 65.3 Å². The van der Waals surface area contributed by atoms with Crippen LogP contribution in [-0.2, 0) is 0 Å². The third kappa shape index (κ3) is 3.30. The Morgan fingerprint density at radius 1 is 1.15 bits per heavy atom. The van der Waals surface area contributed by atoms with E-state index in [1.165, 1.54) is 38.6 Å². The van der Waals surface area contributed by atoms with Gasteiger partial charge in [-0.25, -0.2) is 0 Å². The first-order valence-corrected chi connectivity index (χ1v) is 5.72. The second-order valence-electron chi connectivity index (χ2n) is 5.68. The topological polar surface area (TPSA) is 12.0 Å². The minimum absolute atomic E-state index is 0.414. The number of rotatable bonds is 3. The van der Waals surface area contributed by atoms with E-state index in [2.05, 4.69) is 33.0 Å². The summed E-state index contributed by atoms with van der Waals surface area (Å²) >= 11 is 0. The quantitative estimate of drug-likeness (QED) is 0.707. The van der Waals surface area contributed by atoms with Crippen LogP contribution in [0.25, 0.3) is 0 Å². The van der Waals surface area contributed by atoms with E-state index in [4.69, 9.17) is 0 Å². The van der Waals surface area contributed by atoms with Crippen LogP contribution in [0.2, 0.25) is 0 Å². The molecule has 13 heavy (non-hydrogen) atoms. The molecule has 1 N–H and O–H groups in total. The van der Waals surface area contributed by atoms with E-state index >= 15 is 0 Å². The van der Waals surface area contributed by atoms with E-state index in [-0.39, 0.29) is 0 Å². The van der Waals surface area contributed by atoms with Crippen LogP contribution in [-0.4, -0.2) is 12.1 Å². The third-order valence-corrected chi connectivity index (χ3v) is 3.25. The van der Waals surface area contributed by atoms with Crippen molar-refractivity contribution >= 4 is 0 Å². The van der Waals surface area contributed by atoms with Crippen LogP contribution in [0, 0.1) is 5.41 Å². The maximum atomic E-state index is 3.70. The summed E-state index contributed by atoms with van der Waals surface area (Å²) in [5, 5.41) is 3.70. The lowest BCUT2D eigenvalue weighted by molar-refractivity contribution is 0.133. The lowest BCUT2D eigenvalue weighted by Crippen LogP contribution is -2.48. The van der Waals surface area contributed by atoms with Gasteiger partial charge in [0.1, 0.15) is 0 Å². The van der Waals surface area contributed by atoms with Crippen molar-refractivity contribution in [2.75, 3.05) is 6.54 Å². The zero-order valence-corrected chi connectivity index (χ0v) is 9.74. The van der Waals surface area contributed by atoms with E-state index in [1.807, 2.05) is 0 Å². The summed E-state index contributed by atoms with van der Waals surface area (Å²) in [5.74, 6) is 0. The molecular formula is C12H25N. The Morgan fingerprint density at radius 2 is 1.85 bits per heavy atom. The number of nitrogens with one attached hydrogen (secondary N) is 1. The molecule has 1 unspecified atom stereocenters. The molecule has 0 aromatic carbocycles. The Hall–Kier alpha value is -0.0400. The highest BCUT2D eigenvalue weighted by molar-refractivity contribution is 4.93. The SMILES string of the molecule is CCCNC1(C)CCCC(C)(C)C1. The van der Waals surface area contributed by atoms with Crippen molar-refractivity contribution < 1.29 is 0 Å². The van der Waals surface area contributed by atoms with Crippen molar-refractivity contribution in [1.29, 1.82) is 0 Å². The van der Waals surface area contributed by atoms with Crippen LogP contribution in [0.5, 0.6) is 0 Å². The Kier molecular flexibility index (Phi) is 3.39. The maximum absolute atomic E-state index is 3.70. The van der Waals surface area contributed by atoms with Gasteiger partial charge in [0.2, 0.25) is 0 Å². The summed E-state index contributed by atoms with van der Waals surface area (Å²) in [6.07, 6.45) is 6.73. The predicted octanol–water partition coefficient (Wildman–Crippen LogP) is 3.34. The van der Waals surface area contributed by atoms with Crippen molar-refractivity contribution in [3.8, 4) is 0 Å². The highest BCUT2D eigenvalue weighted by atomic mass is 15.0. The van der Waals surface area contributed by atoms with Gasteiger partial charge in [-0.1, -0.05) is 27.2 Å². The van der Waals surface area contributed by atoms with Gasteiger partial charge in [0, 0.05) is 5.54 Å². The van der Waals surface area contributed by atoms with E-state index in [0.717, 1.165) is 0 Å². The fourth-order valence-electron chi connectivity index (χ4n) is 2.77. The molecular weight excluding hydrogens is 158 g/mol. The van der Waals surface area contributed by atoms with E-state index in [1.54, 1.807) is 0 Å². The molecule has 0 saturated heterocycles. The highest BCUT2D eigenvalue weighted by Gasteiger charge is 2.35. The lowest BCUT2D eigenvalue weighted by atomic mass is 9.69. The Balaban J connectivity index is 2.47. The Bertz CT molecular complexity index is 163. The first-order valence-electron chi connectivity index (χ1n) is 5.72. The molecule has 0 aromatic rings. The molecule has 0 aliphatic heterocycles. The molecule has 0 amide bonds. The summed E-state index contributed by atoms with van der Waals surface area (Å²) in [4.78, 5) is 0. The van der Waals surface area contributed by atoms with Gasteiger partial charge >= 0.3 is 0 Å². The largest absolute Gasteiger partial charge is 0.312 e. The van der Waals surface area contributed by atoms with Gasteiger partial charge in [-0.05, 0) is 44.6 Å². The van der Waals surface area contributed by atoms with Crippen LogP contribution in [0.1, 0.15) is 59.8 Å². The monoisotopic (exact) mass is 183 g/mol. The molecule has 1 fully saturated rings. The molecule has 0 radical (unpaired) electrons. The van der Waals surface area contributed by atoms with Crippen molar-refractivity contribution in [1.82, 2.24) is 5.32 Å². The molecule has 0 bridgehead atoms. The standard InChI is InChI=1S/C12H25N/c1-5-9-13-12(4)8-6-7-11(2,3)10-12/h13H,5-10H2,1-4H3. The van der Waals surface area contributed by atoms with Gasteiger partial charge < -0.3 is 5.32 Å². The number of hydrogen-bond donors (Lipinski definition) is 1. The second kappa shape index (κ2) is 4.00. The summed E-state index contributed by atoms with van der Waals surface area (Å²) in [6, 6.07) is 0. The number of hydrogen-bond acceptors (Lipinski definition) is 1. The van der Waals surface area contributed by atoms with Gasteiger partial charge in [-0.15, -0.1) is 0 Å². The van der Waals surface area contributed by atoms with Gasteiger partial charge in [0.25, 0.3) is 0 Å². The van der Waals surface area contributed by atoms with Gasteiger partial charge in [0.05, 0.1) is 0 Å². The zero-order chi connectivity index (χ0) is 9.95. The average Bonchev–Trinajstić information content (AvgIpc) is 1.98. The molecule has 78 valence electrons. The fourth-order valence-corrected chi connectivity index (χ4v) is 2.77. The van der Waals surface area contributed by atoms with E-state index in [9.17, 15) is 0 Å². The molecule has 1 saturated carbocycles.